The summed E-state index contributed by atoms with van der Waals surface area (Å²) >= 11 is 6.42. The minimum absolute atomic E-state index is 0.00521. The van der Waals surface area contributed by atoms with Gasteiger partial charge in [-0.15, -0.1) is 0 Å². The molecule has 0 aromatic heterocycles. The minimum Gasteiger partial charge on any atom is -0.383 e. The zero-order valence-electron chi connectivity index (χ0n) is 30.1. The predicted octanol–water partition coefficient (Wildman–Crippen LogP) is 9.11. The van der Waals surface area contributed by atoms with E-state index in [0.29, 0.717) is 18.7 Å². The van der Waals surface area contributed by atoms with Gasteiger partial charge in [0.25, 0.3) is 5.91 Å². The Hall–Kier alpha value is -2.95. The summed E-state index contributed by atoms with van der Waals surface area (Å²) in [6.07, 6.45) is 11.1. The number of rotatable bonds is 22. The number of methoxy groups -OCH3 is 1. The normalized spacial score (nSPS) is 12.2. The van der Waals surface area contributed by atoms with Gasteiger partial charge in [0.1, 0.15) is 0 Å². The number of nitrogens with one attached hydrogen (secondary N) is 2. The second-order valence-corrected chi connectivity index (χ2v) is 15.6. The van der Waals surface area contributed by atoms with Crippen molar-refractivity contribution >= 4 is 61.8 Å². The highest BCUT2D eigenvalue weighted by atomic mass is 35.5. The summed E-state index contributed by atoms with van der Waals surface area (Å²) < 4.78 is 33.5. The molecule has 0 spiro atoms. The number of anilines is 3. The Morgan fingerprint density at radius 2 is 1.54 bits per heavy atom. The molecule has 0 heterocycles. The minimum atomic E-state index is -3.61. The predicted molar refractivity (Wildman–Crippen MR) is 202 cm³/mol. The van der Waals surface area contributed by atoms with Gasteiger partial charge in [-0.2, -0.15) is 0 Å². The van der Waals surface area contributed by atoms with Gasteiger partial charge in [-0.05, 0) is 62.2 Å². The van der Waals surface area contributed by atoms with Crippen molar-refractivity contribution in [1.82, 2.24) is 0 Å². The van der Waals surface area contributed by atoms with Crippen molar-refractivity contribution in [3.8, 4) is 0 Å². The number of Topliss-reactive ketones (excluding diaryl/α,β-unsaturated/α-hetero) is 1. The van der Waals surface area contributed by atoms with Gasteiger partial charge in [0.15, 0.2) is 11.5 Å². The van der Waals surface area contributed by atoms with Gasteiger partial charge in [0.2, 0.25) is 10.0 Å². The lowest BCUT2D eigenvalue weighted by Gasteiger charge is -2.23. The van der Waals surface area contributed by atoms with Crippen LogP contribution < -0.4 is 14.9 Å². The van der Waals surface area contributed by atoms with E-state index in [1.807, 2.05) is 19.1 Å². The molecule has 0 unspecified atom stereocenters. The van der Waals surface area contributed by atoms with Crippen LogP contribution in [-0.2, 0) is 24.3 Å². The Morgan fingerprint density at radius 3 is 2.10 bits per heavy atom. The maximum Gasteiger partial charge on any atom is 0.278 e. The van der Waals surface area contributed by atoms with Gasteiger partial charge < -0.3 is 15.0 Å². The number of aliphatic imine (C=N–C) groups is 1. The summed E-state index contributed by atoms with van der Waals surface area (Å²) in [5.41, 5.74) is 1.54. The molecule has 0 bridgehead atoms. The Labute approximate surface area is 294 Å². The van der Waals surface area contributed by atoms with Crippen LogP contribution in [0.1, 0.15) is 104 Å². The lowest BCUT2D eigenvalue weighted by atomic mass is 9.87. The number of carbonyl (C=O) groups excluding carboxylic acids is 2. The van der Waals surface area contributed by atoms with Crippen molar-refractivity contribution in [2.45, 2.75) is 106 Å². The average Bonchev–Trinajstić information content (AvgIpc) is 3.02. The van der Waals surface area contributed by atoms with E-state index >= 15 is 0 Å². The first-order valence-electron chi connectivity index (χ1n) is 17.3. The Balaban J connectivity index is 2.15. The van der Waals surface area contributed by atoms with Crippen molar-refractivity contribution in [2.75, 3.05) is 47.5 Å². The van der Waals surface area contributed by atoms with Crippen LogP contribution >= 0.6 is 11.6 Å². The van der Waals surface area contributed by atoms with Crippen LogP contribution in [0.4, 0.5) is 22.7 Å². The number of hydrogen-bond acceptors (Lipinski definition) is 7. The molecule has 2 N–H and O–H groups in total. The van der Waals surface area contributed by atoms with Crippen molar-refractivity contribution < 1.29 is 22.7 Å². The molecule has 0 aliphatic heterocycles. The van der Waals surface area contributed by atoms with Crippen LogP contribution in [0.2, 0.25) is 5.02 Å². The van der Waals surface area contributed by atoms with E-state index in [1.54, 1.807) is 40.0 Å². The summed E-state index contributed by atoms with van der Waals surface area (Å²) in [7, 11) is -1.94. The van der Waals surface area contributed by atoms with Gasteiger partial charge in [-0.3, -0.25) is 14.3 Å². The quantitative estimate of drug-likeness (QED) is 0.0717. The Kier molecular flexibility index (Phi) is 17.6. The number of nitrogens with zero attached hydrogens (tertiary/aromatic N) is 2. The highest BCUT2D eigenvalue weighted by molar-refractivity contribution is 7.92. The van der Waals surface area contributed by atoms with Crippen LogP contribution in [-0.4, -0.2) is 58.4 Å². The third-order valence-electron chi connectivity index (χ3n) is 8.09. The monoisotopic (exact) mass is 704 g/mol. The first-order chi connectivity index (χ1) is 22.7. The standard InChI is InChI=1S/C37H57ClN4O5S/c1-8-10-11-12-13-14-15-16-17-18-25-48(45,46)41-29-19-21-31(38)33(27-29)40-36(44)34(35(43)37(4,5)6)39-32-22-20-30(26-28(32)3)42(9-2)23-24-47-7/h19-22,26-27,41H,8-18,23-25H2,1-7H3,(H,40,44). The molecule has 9 nitrogen and oxygen atoms in total. The highest BCUT2D eigenvalue weighted by Crippen LogP contribution is 2.29. The Morgan fingerprint density at radius 1 is 0.917 bits per heavy atom. The number of benzene rings is 2. The third-order valence-corrected chi connectivity index (χ3v) is 9.79. The first kappa shape index (κ1) is 41.2. The van der Waals surface area contributed by atoms with Crippen molar-refractivity contribution in [3.63, 3.8) is 0 Å². The van der Waals surface area contributed by atoms with Crippen LogP contribution in [0, 0.1) is 12.3 Å². The second-order valence-electron chi connectivity index (χ2n) is 13.3. The van der Waals surface area contributed by atoms with Crippen molar-refractivity contribution in [2.24, 2.45) is 10.4 Å². The number of unbranched alkanes of at least 4 members (excludes halogenated alkanes) is 9. The van der Waals surface area contributed by atoms with E-state index in [9.17, 15) is 18.0 Å². The molecule has 0 fully saturated rings. The van der Waals surface area contributed by atoms with Crippen LogP contribution in [0.25, 0.3) is 0 Å². The smallest absolute Gasteiger partial charge is 0.278 e. The topological polar surface area (TPSA) is 117 Å². The summed E-state index contributed by atoms with van der Waals surface area (Å²) in [5.74, 6) is -1.17. The maximum absolute atomic E-state index is 13.6. The van der Waals surface area contributed by atoms with Crippen LogP contribution in [0.3, 0.4) is 0 Å². The van der Waals surface area contributed by atoms with Crippen molar-refractivity contribution in [1.29, 1.82) is 0 Å². The van der Waals surface area contributed by atoms with Crippen LogP contribution in [0.15, 0.2) is 41.4 Å². The SMILES string of the molecule is CCCCCCCCCCCCS(=O)(=O)Nc1ccc(Cl)c(NC(=O)C(=Nc2ccc(N(CC)CCOC)cc2C)C(=O)C(C)(C)C)c1. The molecular weight excluding hydrogens is 648 g/mol. The summed E-state index contributed by atoms with van der Waals surface area (Å²) in [6, 6.07) is 10.2. The fourth-order valence-corrected chi connectivity index (χ4v) is 6.53. The first-order valence-corrected chi connectivity index (χ1v) is 19.3. The molecule has 0 saturated carbocycles. The summed E-state index contributed by atoms with van der Waals surface area (Å²) in [6.45, 7) is 13.4. The van der Waals surface area contributed by atoms with E-state index < -0.39 is 27.1 Å². The molecule has 2 aromatic carbocycles. The molecule has 0 atom stereocenters. The van der Waals surface area contributed by atoms with E-state index in [4.69, 9.17) is 16.3 Å². The highest BCUT2D eigenvalue weighted by Gasteiger charge is 2.31. The van der Waals surface area contributed by atoms with E-state index in [2.05, 4.69) is 33.8 Å². The molecular formula is C37H57ClN4O5S. The number of ketones is 1. The van der Waals surface area contributed by atoms with Crippen molar-refractivity contribution in [3.05, 3.63) is 47.0 Å². The average molecular weight is 705 g/mol. The van der Waals surface area contributed by atoms with Gasteiger partial charge in [0.05, 0.1) is 34.4 Å². The maximum atomic E-state index is 13.6. The number of carbonyl (C=O) groups is 2. The fraction of sp³-hybridized carbons (Fsp3) is 0.595. The lowest BCUT2D eigenvalue weighted by molar-refractivity contribution is -0.121. The number of halogens is 1. The molecule has 0 aliphatic carbocycles. The summed E-state index contributed by atoms with van der Waals surface area (Å²) in [4.78, 5) is 33.8. The molecule has 2 rings (SSSR count). The Bertz CT molecular complexity index is 1470. The van der Waals surface area contributed by atoms with Gasteiger partial charge in [0, 0.05) is 31.3 Å². The second kappa shape index (κ2) is 20.5. The third kappa shape index (κ3) is 14.3. The van der Waals surface area contributed by atoms with E-state index in [-0.39, 0.29) is 27.9 Å². The molecule has 0 saturated heterocycles. The number of hydrogen-bond donors (Lipinski definition) is 2. The zero-order chi connectivity index (χ0) is 35.7. The molecule has 268 valence electrons. The van der Waals surface area contributed by atoms with E-state index in [0.717, 1.165) is 43.6 Å². The number of likely N-dealkylation sites (N-methyl/N-ethyl adjacent to an activating group) is 1. The largest absolute Gasteiger partial charge is 0.383 e. The van der Waals surface area contributed by atoms with Crippen LogP contribution in [0.5, 0.6) is 0 Å². The fourth-order valence-electron chi connectivity index (χ4n) is 5.19. The number of aryl methyl sites for hydroxylation is 1. The molecule has 1 amide bonds. The molecule has 0 aliphatic rings. The molecule has 11 heteroatoms. The van der Waals surface area contributed by atoms with Gasteiger partial charge in [-0.1, -0.05) is 97.1 Å². The number of sulfonamides is 1. The summed E-state index contributed by atoms with van der Waals surface area (Å²) in [5, 5.41) is 2.89. The molecule has 48 heavy (non-hydrogen) atoms. The van der Waals surface area contributed by atoms with Gasteiger partial charge in [-0.25, -0.2) is 13.4 Å². The number of amides is 1. The van der Waals surface area contributed by atoms with E-state index in [1.165, 1.54) is 50.7 Å². The number of ether oxygens (including phenoxy) is 1. The van der Waals surface area contributed by atoms with Gasteiger partial charge >= 0.3 is 0 Å². The lowest BCUT2D eigenvalue weighted by Crippen LogP contribution is -2.37. The zero-order valence-corrected chi connectivity index (χ0v) is 31.7. The molecule has 0 radical (unpaired) electrons. The molecule has 2 aromatic rings.